The monoisotopic (exact) mass is 560 g/mol. The Morgan fingerprint density at radius 1 is 1.00 bits per heavy atom. The number of hydroxylamine groups is 1. The molecular weight excluding hydrogens is 535 g/mol. The summed E-state index contributed by atoms with van der Waals surface area (Å²) in [5.41, 5.74) is 7.11. The molecule has 41 heavy (non-hydrogen) atoms. The molecular formula is C29H25FN4O7. The fourth-order valence-corrected chi connectivity index (χ4v) is 4.33. The Morgan fingerprint density at radius 3 is 2.24 bits per heavy atom. The van der Waals surface area contributed by atoms with E-state index in [0.29, 0.717) is 52.4 Å². The molecule has 0 aliphatic heterocycles. The number of ether oxygens (including phenoxy) is 3. The Kier molecular flexibility index (Phi) is 7.40. The Morgan fingerprint density at radius 2 is 1.66 bits per heavy atom. The van der Waals surface area contributed by atoms with Gasteiger partial charge in [0, 0.05) is 29.0 Å². The van der Waals surface area contributed by atoms with Crippen LogP contribution in [0.5, 0.6) is 23.0 Å². The number of halogens is 1. The molecule has 3 amide bonds. The molecule has 1 aliphatic carbocycles. The zero-order valence-corrected chi connectivity index (χ0v) is 21.8. The zero-order chi connectivity index (χ0) is 29.1. The van der Waals surface area contributed by atoms with Crippen LogP contribution in [-0.4, -0.2) is 41.6 Å². The molecule has 11 nitrogen and oxygen atoms in total. The van der Waals surface area contributed by atoms with Crippen molar-refractivity contribution in [3.63, 3.8) is 0 Å². The van der Waals surface area contributed by atoms with Crippen LogP contribution in [0.25, 0.3) is 10.9 Å². The van der Waals surface area contributed by atoms with Crippen molar-refractivity contribution in [2.75, 3.05) is 18.6 Å². The van der Waals surface area contributed by atoms with Gasteiger partial charge in [0.2, 0.25) is 11.8 Å². The second-order valence-corrected chi connectivity index (χ2v) is 9.31. The molecule has 4 N–H and O–H groups in total. The molecule has 210 valence electrons. The highest BCUT2D eigenvalue weighted by Gasteiger charge is 2.57. The molecule has 12 heteroatoms. The topological polar surface area (TPSA) is 153 Å². The number of nitrogens with two attached hydrogens (primary N) is 1. The number of hydrogen-bond donors (Lipinski definition) is 3. The number of nitrogens with one attached hydrogen (secondary N) is 1. The minimum atomic E-state index is -1.29. The number of anilines is 2. The van der Waals surface area contributed by atoms with Gasteiger partial charge in [-0.2, -0.15) is 0 Å². The van der Waals surface area contributed by atoms with E-state index >= 15 is 0 Å². The quantitative estimate of drug-likeness (QED) is 0.150. The third kappa shape index (κ3) is 5.45. The number of nitrogens with zero attached hydrogens (tertiary/aromatic N) is 2. The van der Waals surface area contributed by atoms with Gasteiger partial charge in [-0.05, 0) is 73.5 Å². The van der Waals surface area contributed by atoms with Crippen LogP contribution >= 0.6 is 0 Å². The minimum absolute atomic E-state index is 0.230. The summed E-state index contributed by atoms with van der Waals surface area (Å²) in [6, 6.07) is 16.8. The maximum absolute atomic E-state index is 13.6. The third-order valence-electron chi connectivity index (χ3n) is 6.71. The summed E-state index contributed by atoms with van der Waals surface area (Å²) in [7, 11) is 1.44. The first-order valence-corrected chi connectivity index (χ1v) is 12.5. The molecule has 3 aromatic carbocycles. The van der Waals surface area contributed by atoms with Gasteiger partial charge in [0.25, 0.3) is 5.91 Å². The molecule has 1 fully saturated rings. The average Bonchev–Trinajstić information content (AvgIpc) is 3.80. The number of amides is 3. The first-order valence-electron chi connectivity index (χ1n) is 12.5. The molecule has 5 rings (SSSR count). The third-order valence-corrected chi connectivity index (χ3v) is 6.71. The molecule has 0 bridgehead atoms. The lowest BCUT2D eigenvalue weighted by atomic mass is 10.0. The SMILES string of the molecule is COc1cc2nccc(Oc3ccc(N(C(=O)C4(C(N)=O)CC4)c4ccc(F)cc4)cc3)c2cc1OCC(=O)NO. The van der Waals surface area contributed by atoms with Gasteiger partial charge < -0.3 is 19.9 Å². The molecule has 1 saturated carbocycles. The second-order valence-electron chi connectivity index (χ2n) is 9.31. The molecule has 0 atom stereocenters. The van der Waals surface area contributed by atoms with Crippen molar-refractivity contribution in [2.45, 2.75) is 12.8 Å². The van der Waals surface area contributed by atoms with E-state index in [2.05, 4.69) is 4.98 Å². The van der Waals surface area contributed by atoms with Gasteiger partial charge in [-0.25, -0.2) is 9.87 Å². The van der Waals surface area contributed by atoms with Crippen molar-refractivity contribution in [2.24, 2.45) is 11.1 Å². The molecule has 0 spiro atoms. The van der Waals surface area contributed by atoms with Gasteiger partial charge in [0.05, 0.1) is 12.6 Å². The molecule has 1 aromatic heterocycles. The molecule has 1 heterocycles. The van der Waals surface area contributed by atoms with E-state index in [-0.39, 0.29) is 5.75 Å². The maximum atomic E-state index is 13.6. The fourth-order valence-electron chi connectivity index (χ4n) is 4.33. The van der Waals surface area contributed by atoms with E-state index < -0.39 is 35.6 Å². The van der Waals surface area contributed by atoms with E-state index in [4.69, 9.17) is 25.2 Å². The highest BCUT2D eigenvalue weighted by molar-refractivity contribution is 6.16. The van der Waals surface area contributed by atoms with Crippen LogP contribution in [0.4, 0.5) is 15.8 Å². The highest BCUT2D eigenvalue weighted by Crippen LogP contribution is 2.49. The number of carbonyl (C=O) groups is 3. The van der Waals surface area contributed by atoms with E-state index in [0.717, 1.165) is 0 Å². The zero-order valence-electron chi connectivity index (χ0n) is 21.8. The average molecular weight is 561 g/mol. The smallest absolute Gasteiger partial charge is 0.281 e. The number of benzene rings is 3. The Labute approximate surface area is 233 Å². The fraction of sp³-hybridized carbons (Fsp3) is 0.172. The summed E-state index contributed by atoms with van der Waals surface area (Å²) >= 11 is 0. The number of aromatic nitrogens is 1. The summed E-state index contributed by atoms with van der Waals surface area (Å²) in [4.78, 5) is 42.7. The maximum Gasteiger partial charge on any atom is 0.281 e. The van der Waals surface area contributed by atoms with E-state index in [9.17, 15) is 18.8 Å². The van der Waals surface area contributed by atoms with Crippen LogP contribution in [0.15, 0.2) is 72.9 Å². The summed E-state index contributed by atoms with van der Waals surface area (Å²) in [6.07, 6.45) is 2.24. The first-order chi connectivity index (χ1) is 19.8. The molecule has 1 aliphatic rings. The summed E-state index contributed by atoms with van der Waals surface area (Å²) < 4.78 is 30.6. The number of rotatable bonds is 10. The Bertz CT molecular complexity index is 1620. The van der Waals surface area contributed by atoms with Crippen molar-refractivity contribution >= 4 is 40.0 Å². The van der Waals surface area contributed by atoms with Crippen LogP contribution in [0.1, 0.15) is 12.8 Å². The van der Waals surface area contributed by atoms with Gasteiger partial charge in [-0.15, -0.1) is 0 Å². The van der Waals surface area contributed by atoms with Crippen LogP contribution in [0.2, 0.25) is 0 Å². The molecule has 4 aromatic rings. The highest BCUT2D eigenvalue weighted by atomic mass is 19.1. The van der Waals surface area contributed by atoms with Crippen LogP contribution in [0.3, 0.4) is 0 Å². The van der Waals surface area contributed by atoms with Crippen molar-refractivity contribution in [3.05, 3.63) is 78.7 Å². The Balaban J connectivity index is 1.45. The predicted octanol–water partition coefficient (Wildman–Crippen LogP) is 3.99. The molecule has 0 unspecified atom stereocenters. The molecule has 0 saturated heterocycles. The van der Waals surface area contributed by atoms with Crippen LogP contribution < -0.4 is 30.3 Å². The number of fused-ring (bicyclic) bond motifs is 1. The number of primary amides is 1. The summed E-state index contributed by atoms with van der Waals surface area (Å²) in [5, 5.41) is 9.30. The lowest BCUT2D eigenvalue weighted by molar-refractivity contribution is -0.133. The van der Waals surface area contributed by atoms with E-state index in [1.165, 1.54) is 41.8 Å². The predicted molar refractivity (Wildman–Crippen MR) is 145 cm³/mol. The minimum Gasteiger partial charge on any atom is -0.493 e. The van der Waals surface area contributed by atoms with Crippen molar-refractivity contribution in [3.8, 4) is 23.0 Å². The lowest BCUT2D eigenvalue weighted by Crippen LogP contribution is -2.41. The van der Waals surface area contributed by atoms with Gasteiger partial charge in [0.1, 0.15) is 22.7 Å². The largest absolute Gasteiger partial charge is 0.493 e. The van der Waals surface area contributed by atoms with Crippen LogP contribution in [0, 0.1) is 11.2 Å². The Hall–Kier alpha value is -5.23. The van der Waals surface area contributed by atoms with Gasteiger partial charge >= 0.3 is 0 Å². The standard InChI is InChI=1S/C29H25FN4O7/c1-39-24-15-22-21(14-25(24)40-16-26(35)33-38)23(10-13-32-22)41-20-8-6-19(7-9-20)34(18-4-2-17(30)3-5-18)28(37)29(11-12-29)27(31)36/h2-10,13-15,38H,11-12,16H2,1H3,(H2,31,36)(H,33,35). The van der Waals surface area contributed by atoms with Crippen molar-refractivity contribution < 1.29 is 38.2 Å². The molecule has 0 radical (unpaired) electrons. The number of hydrogen-bond acceptors (Lipinski definition) is 8. The number of pyridine rings is 1. The van der Waals surface area contributed by atoms with Gasteiger partial charge in [-0.1, -0.05) is 0 Å². The van der Waals surface area contributed by atoms with Gasteiger partial charge in [-0.3, -0.25) is 29.5 Å². The van der Waals surface area contributed by atoms with E-state index in [1.807, 2.05) is 0 Å². The van der Waals surface area contributed by atoms with E-state index in [1.54, 1.807) is 48.7 Å². The lowest BCUT2D eigenvalue weighted by Gasteiger charge is -2.26. The van der Waals surface area contributed by atoms with Crippen molar-refractivity contribution in [1.29, 1.82) is 0 Å². The summed E-state index contributed by atoms with van der Waals surface area (Å²) in [6.45, 7) is -0.448. The van der Waals surface area contributed by atoms with Crippen molar-refractivity contribution in [1.82, 2.24) is 10.5 Å². The van der Waals surface area contributed by atoms with Gasteiger partial charge in [0.15, 0.2) is 18.1 Å². The summed E-state index contributed by atoms with van der Waals surface area (Å²) in [5.74, 6) is -1.00. The number of methoxy groups -OCH3 is 1. The first kappa shape index (κ1) is 27.3. The normalized spacial score (nSPS) is 13.2. The number of carbonyl (C=O) groups excluding carboxylic acids is 3. The van der Waals surface area contributed by atoms with Crippen LogP contribution in [-0.2, 0) is 14.4 Å². The second kappa shape index (κ2) is 11.1.